The van der Waals surface area contributed by atoms with Gasteiger partial charge in [0.1, 0.15) is 30.8 Å². The third-order valence-electron chi connectivity index (χ3n) is 2.81. The van der Waals surface area contributed by atoms with E-state index in [2.05, 4.69) is 9.97 Å². The van der Waals surface area contributed by atoms with Crippen molar-refractivity contribution in [2.75, 3.05) is 40.6 Å². The van der Waals surface area contributed by atoms with Crippen LogP contribution in [0.3, 0.4) is 0 Å². The highest BCUT2D eigenvalue weighted by Gasteiger charge is 2.04. The molecular formula is C17H18ClF2N3O4. The van der Waals surface area contributed by atoms with Gasteiger partial charge in [-0.2, -0.15) is 5.26 Å². The van der Waals surface area contributed by atoms with Crippen LogP contribution in [0.15, 0.2) is 24.5 Å². The summed E-state index contributed by atoms with van der Waals surface area (Å²) in [4.78, 5) is 7.16. The zero-order chi connectivity index (χ0) is 20.1. The summed E-state index contributed by atoms with van der Waals surface area (Å²) in [7, 11) is 3.10. The van der Waals surface area contributed by atoms with Gasteiger partial charge in [-0.3, -0.25) is 0 Å². The van der Waals surface area contributed by atoms with Crippen LogP contribution in [0.5, 0.6) is 11.5 Å². The Labute approximate surface area is 160 Å². The Kier molecular flexibility index (Phi) is 10.6. The molecule has 0 N–H and O–H groups in total. The first-order chi connectivity index (χ1) is 13.0. The van der Waals surface area contributed by atoms with Crippen molar-refractivity contribution in [3.8, 4) is 17.6 Å². The fourth-order valence-corrected chi connectivity index (χ4v) is 1.65. The number of hydrogen-bond acceptors (Lipinski definition) is 7. The Bertz CT molecular complexity index is 759. The molecule has 0 aliphatic heterocycles. The van der Waals surface area contributed by atoms with Crippen molar-refractivity contribution in [2.45, 2.75) is 0 Å². The molecule has 0 radical (unpaired) electrons. The number of halogens is 3. The minimum atomic E-state index is -0.678. The molecule has 7 nitrogen and oxygen atoms in total. The first kappa shape index (κ1) is 22.5. The lowest BCUT2D eigenvalue weighted by Crippen LogP contribution is -2.05. The van der Waals surface area contributed by atoms with Crippen molar-refractivity contribution in [1.29, 1.82) is 5.26 Å². The van der Waals surface area contributed by atoms with E-state index in [9.17, 15) is 8.78 Å². The minimum Gasteiger partial charge on any atom is -0.489 e. The Balaban J connectivity index is 0.000000271. The summed E-state index contributed by atoms with van der Waals surface area (Å²) in [5, 5.41) is 8.26. The zero-order valence-electron chi connectivity index (χ0n) is 14.7. The maximum absolute atomic E-state index is 13.0. The van der Waals surface area contributed by atoms with Crippen LogP contribution in [-0.4, -0.2) is 50.6 Å². The van der Waals surface area contributed by atoms with E-state index in [1.807, 2.05) is 0 Å². The van der Waals surface area contributed by atoms with Gasteiger partial charge in [0.05, 0.1) is 25.6 Å². The molecule has 0 aliphatic carbocycles. The van der Waals surface area contributed by atoms with E-state index in [4.69, 9.17) is 35.8 Å². The van der Waals surface area contributed by atoms with Crippen molar-refractivity contribution in [2.24, 2.45) is 0 Å². The van der Waals surface area contributed by atoms with Gasteiger partial charge in [0.15, 0.2) is 22.5 Å². The second-order valence-electron chi connectivity index (χ2n) is 4.74. The summed E-state index contributed by atoms with van der Waals surface area (Å²) in [6, 6.07) is 3.94. The largest absolute Gasteiger partial charge is 0.489 e. The summed E-state index contributed by atoms with van der Waals surface area (Å²) in [5.74, 6) is -0.628. The number of nitriles is 1. The summed E-state index contributed by atoms with van der Waals surface area (Å²) in [5.41, 5.74) is -0.232. The number of aromatic nitrogens is 2. The van der Waals surface area contributed by atoms with Gasteiger partial charge in [0, 0.05) is 26.4 Å². The third-order valence-corrected chi connectivity index (χ3v) is 3.08. The van der Waals surface area contributed by atoms with Gasteiger partial charge < -0.3 is 18.9 Å². The van der Waals surface area contributed by atoms with E-state index in [0.29, 0.717) is 37.9 Å². The van der Waals surface area contributed by atoms with Crippen LogP contribution in [0.4, 0.5) is 8.78 Å². The second kappa shape index (κ2) is 12.8. The highest BCUT2D eigenvalue weighted by Crippen LogP contribution is 2.17. The Morgan fingerprint density at radius 3 is 1.89 bits per heavy atom. The lowest BCUT2D eigenvalue weighted by Gasteiger charge is -2.04. The molecule has 2 aromatic rings. The van der Waals surface area contributed by atoms with Crippen molar-refractivity contribution in [3.63, 3.8) is 0 Å². The molecule has 0 fully saturated rings. The van der Waals surface area contributed by atoms with Crippen LogP contribution in [0.1, 0.15) is 5.69 Å². The van der Waals surface area contributed by atoms with Gasteiger partial charge in [-0.1, -0.05) is 11.6 Å². The van der Waals surface area contributed by atoms with E-state index < -0.39 is 11.6 Å². The van der Waals surface area contributed by atoms with Crippen LogP contribution in [-0.2, 0) is 9.47 Å². The van der Waals surface area contributed by atoms with Crippen molar-refractivity contribution >= 4 is 11.6 Å². The van der Waals surface area contributed by atoms with Crippen molar-refractivity contribution in [3.05, 3.63) is 47.0 Å². The van der Waals surface area contributed by atoms with E-state index in [-0.39, 0.29) is 10.8 Å². The maximum Gasteiger partial charge on any atom is 0.176 e. The van der Waals surface area contributed by atoms with Gasteiger partial charge in [0.25, 0.3) is 0 Å². The average molecular weight is 402 g/mol. The van der Waals surface area contributed by atoms with E-state index in [0.717, 1.165) is 6.07 Å². The molecule has 0 unspecified atom stereocenters. The number of hydrogen-bond donors (Lipinski definition) is 0. The number of methoxy groups -OCH3 is 2. The molecule has 0 aliphatic rings. The highest BCUT2D eigenvalue weighted by molar-refractivity contribution is 6.29. The average Bonchev–Trinajstić information content (AvgIpc) is 2.66. The molecule has 10 heteroatoms. The van der Waals surface area contributed by atoms with E-state index in [1.165, 1.54) is 18.5 Å². The minimum absolute atomic E-state index is 0.154. The number of rotatable bonds is 8. The summed E-state index contributed by atoms with van der Waals surface area (Å²) >= 11 is 5.38. The monoisotopic (exact) mass is 401 g/mol. The molecule has 0 spiro atoms. The Morgan fingerprint density at radius 1 is 0.926 bits per heavy atom. The highest BCUT2D eigenvalue weighted by atomic mass is 35.5. The molecular weight excluding hydrogens is 384 g/mol. The lowest BCUT2D eigenvalue weighted by molar-refractivity contribution is 0.146. The number of pyridine rings is 2. The van der Waals surface area contributed by atoms with E-state index in [1.54, 1.807) is 20.3 Å². The van der Waals surface area contributed by atoms with Gasteiger partial charge in [0.2, 0.25) is 0 Å². The molecule has 2 aromatic heterocycles. The predicted octanol–water partition coefficient (Wildman–Crippen LogP) is 3.02. The fraction of sp³-hybridized carbons (Fsp3) is 0.353. The van der Waals surface area contributed by atoms with Crippen LogP contribution in [0.2, 0.25) is 5.15 Å². The molecule has 0 bridgehead atoms. The molecule has 27 heavy (non-hydrogen) atoms. The molecule has 0 saturated carbocycles. The smallest absolute Gasteiger partial charge is 0.176 e. The predicted molar refractivity (Wildman–Crippen MR) is 92.9 cm³/mol. The van der Waals surface area contributed by atoms with E-state index >= 15 is 0 Å². The number of nitrogens with zero attached hydrogens (tertiary/aromatic N) is 3. The van der Waals surface area contributed by atoms with Crippen LogP contribution in [0.25, 0.3) is 0 Å². The quantitative estimate of drug-likeness (QED) is 0.496. The van der Waals surface area contributed by atoms with Crippen LogP contribution < -0.4 is 9.47 Å². The summed E-state index contributed by atoms with van der Waals surface area (Å²) in [6.07, 6.45) is 2.67. The molecule has 2 rings (SSSR count). The standard InChI is InChI=1S/C9H9FN2O2.C8H9ClFNO2/c1-13-2-3-14-7-4-8(10)9(5-11)12-6-7;1-12-2-3-13-6-4-7(10)8(9)11-5-6/h4,6H,2-3H2,1H3;4-5H,2-3H2,1H3. The summed E-state index contributed by atoms with van der Waals surface area (Å²) in [6.45, 7) is 1.55. The van der Waals surface area contributed by atoms with Crippen molar-refractivity contribution in [1.82, 2.24) is 9.97 Å². The fourth-order valence-electron chi connectivity index (χ4n) is 1.55. The Morgan fingerprint density at radius 2 is 1.44 bits per heavy atom. The lowest BCUT2D eigenvalue weighted by atomic mass is 10.3. The molecule has 0 atom stereocenters. The van der Waals surface area contributed by atoms with Gasteiger partial charge in [-0.25, -0.2) is 18.7 Å². The van der Waals surface area contributed by atoms with Gasteiger partial charge >= 0.3 is 0 Å². The van der Waals surface area contributed by atoms with Gasteiger partial charge in [-0.15, -0.1) is 0 Å². The SMILES string of the molecule is COCCOc1cnc(C#N)c(F)c1.COCCOc1cnc(Cl)c(F)c1. The maximum atomic E-state index is 13.0. The van der Waals surface area contributed by atoms with Crippen LogP contribution in [0, 0.1) is 23.0 Å². The van der Waals surface area contributed by atoms with Gasteiger partial charge in [-0.05, 0) is 0 Å². The zero-order valence-corrected chi connectivity index (χ0v) is 15.5. The van der Waals surface area contributed by atoms with Crippen molar-refractivity contribution < 1.29 is 27.7 Å². The second-order valence-corrected chi connectivity index (χ2v) is 5.10. The number of ether oxygens (including phenoxy) is 4. The molecule has 2 heterocycles. The molecule has 0 aromatic carbocycles. The first-order valence-electron chi connectivity index (χ1n) is 7.62. The summed E-state index contributed by atoms with van der Waals surface area (Å²) < 4.78 is 45.4. The first-order valence-corrected chi connectivity index (χ1v) is 7.99. The third kappa shape index (κ3) is 8.59. The molecule has 0 saturated heterocycles. The molecule has 0 amide bonds. The van der Waals surface area contributed by atoms with Crippen LogP contribution >= 0.6 is 11.6 Å². The topological polar surface area (TPSA) is 86.5 Å². The normalized spacial score (nSPS) is 9.78. The molecule has 146 valence electrons. The Hall–Kier alpha value is -2.54.